The first-order valence-electron chi connectivity index (χ1n) is 15.4. The van der Waals surface area contributed by atoms with Crippen molar-refractivity contribution in [1.29, 1.82) is 0 Å². The van der Waals surface area contributed by atoms with Crippen molar-refractivity contribution in [1.82, 2.24) is 14.5 Å². The molecule has 0 aliphatic heterocycles. The predicted molar refractivity (Wildman–Crippen MR) is 150 cm³/mol. The van der Waals surface area contributed by atoms with Gasteiger partial charge < -0.3 is 14.9 Å². The van der Waals surface area contributed by atoms with Crippen LogP contribution in [0.1, 0.15) is 85.5 Å². The van der Waals surface area contributed by atoms with Crippen molar-refractivity contribution in [2.45, 2.75) is 103 Å². The van der Waals surface area contributed by atoms with Crippen molar-refractivity contribution < 1.29 is 28.2 Å². The molecule has 10 heteroatoms. The van der Waals surface area contributed by atoms with E-state index in [4.69, 9.17) is 4.74 Å². The monoisotopic (exact) mass is 579 g/mol. The largest absolute Gasteiger partial charge is 0.449 e. The second kappa shape index (κ2) is 10.9. The van der Waals surface area contributed by atoms with E-state index in [0.29, 0.717) is 41.9 Å². The molecule has 226 valence electrons. The van der Waals surface area contributed by atoms with Crippen LogP contribution in [0, 0.1) is 52.3 Å². The maximum atomic E-state index is 12.4. The number of sulfonamides is 1. The molecule has 1 aromatic heterocycles. The van der Waals surface area contributed by atoms with Crippen LogP contribution >= 0.6 is 0 Å². The number of hydrogen-bond donors (Lipinski definition) is 3. The van der Waals surface area contributed by atoms with E-state index in [9.17, 15) is 23.4 Å². The van der Waals surface area contributed by atoms with Crippen LogP contribution in [-0.4, -0.2) is 53.3 Å². The first-order chi connectivity index (χ1) is 18.8. The molecule has 5 rings (SSSR count). The number of fused-ring (bicyclic) bond motifs is 5. The van der Waals surface area contributed by atoms with E-state index in [1.807, 2.05) is 4.72 Å². The Labute approximate surface area is 239 Å². The van der Waals surface area contributed by atoms with Gasteiger partial charge in [-0.2, -0.15) is 5.10 Å². The lowest BCUT2D eigenvalue weighted by Gasteiger charge is -2.64. The molecule has 1 heterocycles. The van der Waals surface area contributed by atoms with Crippen LogP contribution in [0.5, 0.6) is 0 Å². The Balaban J connectivity index is 1.22. The van der Waals surface area contributed by atoms with Crippen molar-refractivity contribution >= 4 is 16.1 Å². The first-order valence-corrected chi connectivity index (χ1v) is 16.8. The first kappa shape index (κ1) is 29.8. The highest BCUT2D eigenvalue weighted by molar-refractivity contribution is 7.90. The van der Waals surface area contributed by atoms with Crippen molar-refractivity contribution in [3.05, 3.63) is 12.4 Å². The van der Waals surface area contributed by atoms with Gasteiger partial charge in [0.25, 0.3) is 10.0 Å². The molecule has 0 aromatic carbocycles. The van der Waals surface area contributed by atoms with Crippen molar-refractivity contribution in [3.63, 3.8) is 0 Å². The third-order valence-corrected chi connectivity index (χ3v) is 13.4. The van der Waals surface area contributed by atoms with Gasteiger partial charge in [-0.25, -0.2) is 17.9 Å². The van der Waals surface area contributed by atoms with E-state index in [1.165, 1.54) is 17.1 Å². The van der Waals surface area contributed by atoms with E-state index in [-0.39, 0.29) is 40.5 Å². The number of carbonyl (C=O) groups is 1. The summed E-state index contributed by atoms with van der Waals surface area (Å²) in [4.78, 5) is 12.2. The fourth-order valence-corrected chi connectivity index (χ4v) is 11.1. The van der Waals surface area contributed by atoms with Crippen LogP contribution in [-0.2, 0) is 21.8 Å². The Hall–Kier alpha value is -1.65. The minimum absolute atomic E-state index is 0.0827. The van der Waals surface area contributed by atoms with E-state index in [0.717, 1.165) is 51.4 Å². The van der Waals surface area contributed by atoms with Crippen molar-refractivity contribution in [2.75, 3.05) is 6.61 Å². The minimum atomic E-state index is -4.02. The normalized spacial score (nSPS) is 41.9. The number of nitrogens with one attached hydrogen (secondary N) is 1. The van der Waals surface area contributed by atoms with E-state index >= 15 is 0 Å². The number of carbonyl (C=O) groups excluding carboxylic acids is 1. The number of nitrogens with zero attached hydrogens (tertiary/aromatic N) is 2. The second-order valence-corrected chi connectivity index (χ2v) is 15.7. The summed E-state index contributed by atoms with van der Waals surface area (Å²) in [6.45, 7) is 9.48. The third-order valence-electron chi connectivity index (χ3n) is 12.2. The molecular formula is C30H49N3O6S. The summed E-state index contributed by atoms with van der Waals surface area (Å²) in [6.07, 6.45) is 9.88. The fourth-order valence-electron chi connectivity index (χ4n) is 10.2. The molecule has 11 atom stereocenters. The van der Waals surface area contributed by atoms with Gasteiger partial charge in [0, 0.05) is 13.2 Å². The molecule has 0 saturated heterocycles. The van der Waals surface area contributed by atoms with Gasteiger partial charge in [0.05, 0.1) is 25.0 Å². The molecule has 4 fully saturated rings. The highest BCUT2D eigenvalue weighted by Gasteiger charge is 2.64. The Kier molecular flexibility index (Phi) is 8.11. The van der Waals surface area contributed by atoms with E-state index in [2.05, 4.69) is 32.8 Å². The fraction of sp³-hybridized carbons (Fsp3) is 0.867. The average Bonchev–Trinajstić information content (AvgIpc) is 3.48. The SMILES string of the molecule is CC[C@H]1[C@@H](O)[C@@H]2[C@H](CC[C@]3(C)[C@@H]([C@H](C)CCOC(=O)NS(=O)(=O)c4cnn(C)c4)CC[C@@H]23)[C@@]2(C)CC[C@@H](O)C[C@@H]12. The van der Waals surface area contributed by atoms with Gasteiger partial charge in [0.2, 0.25) is 0 Å². The summed E-state index contributed by atoms with van der Waals surface area (Å²) in [7, 11) is -2.41. The molecule has 3 N–H and O–H groups in total. The quantitative estimate of drug-likeness (QED) is 0.434. The van der Waals surface area contributed by atoms with E-state index in [1.54, 1.807) is 7.05 Å². The molecule has 1 aromatic rings. The summed E-state index contributed by atoms with van der Waals surface area (Å²) in [5.41, 5.74) is 0.315. The third kappa shape index (κ3) is 5.00. The van der Waals surface area contributed by atoms with Crippen molar-refractivity contribution in [3.8, 4) is 0 Å². The van der Waals surface area contributed by atoms with Gasteiger partial charge >= 0.3 is 6.09 Å². The lowest BCUT2D eigenvalue weighted by atomic mass is 9.41. The van der Waals surface area contributed by atoms with Crippen LogP contribution in [0.3, 0.4) is 0 Å². The smallest absolute Gasteiger partial charge is 0.421 e. The summed E-state index contributed by atoms with van der Waals surface area (Å²) in [5, 5.41) is 26.2. The zero-order chi connectivity index (χ0) is 29.0. The van der Waals surface area contributed by atoms with Crippen LogP contribution < -0.4 is 4.72 Å². The van der Waals surface area contributed by atoms with Crippen molar-refractivity contribution in [2.24, 2.45) is 59.3 Å². The number of aliphatic hydroxyl groups is 2. The van der Waals surface area contributed by atoms with Crippen LogP contribution in [0.4, 0.5) is 4.79 Å². The summed E-state index contributed by atoms with van der Waals surface area (Å²) >= 11 is 0. The molecule has 0 spiro atoms. The van der Waals surface area contributed by atoms with Crippen LogP contribution in [0.15, 0.2) is 17.3 Å². The molecule has 0 unspecified atom stereocenters. The number of hydrogen-bond acceptors (Lipinski definition) is 7. The average molecular weight is 580 g/mol. The molecule has 4 saturated carbocycles. The zero-order valence-electron chi connectivity index (χ0n) is 24.8. The predicted octanol–water partition coefficient (Wildman–Crippen LogP) is 4.49. The van der Waals surface area contributed by atoms with Crippen LogP contribution in [0.2, 0.25) is 0 Å². The second-order valence-electron chi connectivity index (χ2n) is 14.0. The molecule has 4 aliphatic rings. The molecule has 9 nitrogen and oxygen atoms in total. The highest BCUT2D eigenvalue weighted by Crippen LogP contribution is 2.69. The molecule has 0 radical (unpaired) electrons. The topological polar surface area (TPSA) is 131 Å². The Morgan fingerprint density at radius 3 is 2.52 bits per heavy atom. The number of aliphatic hydroxyl groups excluding tert-OH is 2. The lowest BCUT2D eigenvalue weighted by Crippen LogP contribution is -2.62. The minimum Gasteiger partial charge on any atom is -0.449 e. The zero-order valence-corrected chi connectivity index (χ0v) is 25.6. The number of aromatic nitrogens is 2. The summed E-state index contributed by atoms with van der Waals surface area (Å²) < 4.78 is 33.4. The Morgan fingerprint density at radius 2 is 1.85 bits per heavy atom. The Bertz CT molecular complexity index is 1190. The molecular weight excluding hydrogens is 530 g/mol. The van der Waals surface area contributed by atoms with E-state index < -0.39 is 16.1 Å². The van der Waals surface area contributed by atoms with Gasteiger partial charge in [0.1, 0.15) is 4.90 Å². The standard InChI is InChI=1S/C30H49N3O6S/c1-6-21-25-15-19(34)9-12-30(25,4)24-10-13-29(3)22(7-8-23(29)26(24)27(21)35)18(2)11-14-39-28(36)32-40(37,38)20-16-31-33(5)17-20/h16-19,21-27,34-35H,6-15H2,1-5H3,(H,32,36)/t18-,19-,21-,22-,23+,24+,25+,26+,27-,29-,30-/m1/s1. The maximum Gasteiger partial charge on any atom is 0.421 e. The van der Waals surface area contributed by atoms with Gasteiger partial charge in [0.15, 0.2) is 0 Å². The Morgan fingerprint density at radius 1 is 1.15 bits per heavy atom. The number of ether oxygens (including phenoxy) is 1. The highest BCUT2D eigenvalue weighted by atomic mass is 32.2. The van der Waals surface area contributed by atoms with Gasteiger partial charge in [-0.05, 0) is 104 Å². The van der Waals surface area contributed by atoms with Gasteiger partial charge in [-0.1, -0.05) is 34.1 Å². The molecule has 1 amide bonds. The summed E-state index contributed by atoms with van der Waals surface area (Å²) in [5.74, 6) is 2.69. The summed E-state index contributed by atoms with van der Waals surface area (Å²) in [6, 6.07) is 0. The maximum absolute atomic E-state index is 12.4. The number of aryl methyl sites for hydroxylation is 1. The van der Waals surface area contributed by atoms with Gasteiger partial charge in [-0.15, -0.1) is 0 Å². The molecule has 0 bridgehead atoms. The lowest BCUT2D eigenvalue weighted by molar-refractivity contribution is -0.203. The van der Waals surface area contributed by atoms with Crippen LogP contribution in [0.25, 0.3) is 0 Å². The molecule has 40 heavy (non-hydrogen) atoms. The van der Waals surface area contributed by atoms with Gasteiger partial charge in [-0.3, -0.25) is 4.68 Å². The number of amides is 1. The molecule has 4 aliphatic carbocycles. The number of rotatable bonds is 7.